The molecule has 2 aliphatic rings. The number of aromatic nitrogens is 2. The first-order chi connectivity index (χ1) is 10.3. The molecule has 3 rings (SSSR count). The Bertz CT molecular complexity index is 471. The normalized spacial score (nSPS) is 25.1. The molecule has 0 radical (unpaired) electrons. The molecule has 21 heavy (non-hydrogen) atoms. The third-order valence-electron chi connectivity index (χ3n) is 5.08. The number of hydrogen-bond acceptors (Lipinski definition) is 4. The summed E-state index contributed by atoms with van der Waals surface area (Å²) in [6, 6.07) is 0.104. The Morgan fingerprint density at radius 1 is 1.14 bits per heavy atom. The van der Waals surface area contributed by atoms with Crippen LogP contribution in [0, 0.1) is 5.92 Å². The lowest BCUT2D eigenvalue weighted by Crippen LogP contribution is -2.21. The van der Waals surface area contributed by atoms with Gasteiger partial charge in [0.15, 0.2) is 5.82 Å². The molecule has 2 aliphatic carbocycles. The van der Waals surface area contributed by atoms with E-state index in [1.165, 1.54) is 44.9 Å². The van der Waals surface area contributed by atoms with Crippen LogP contribution in [0.25, 0.3) is 0 Å². The second kappa shape index (κ2) is 6.84. The lowest BCUT2D eigenvalue weighted by Gasteiger charge is -2.28. The largest absolute Gasteiger partial charge is 0.373 e. The number of ether oxygens (including phenoxy) is 1. The van der Waals surface area contributed by atoms with E-state index in [-0.39, 0.29) is 12.1 Å². The Morgan fingerprint density at radius 2 is 1.90 bits per heavy atom. The topological polar surface area (TPSA) is 61.0 Å². The van der Waals surface area contributed by atoms with Crippen molar-refractivity contribution in [3.63, 3.8) is 0 Å². The van der Waals surface area contributed by atoms with Crippen LogP contribution in [0.15, 0.2) is 6.20 Å². The highest BCUT2D eigenvalue weighted by Crippen LogP contribution is 2.36. The molecule has 4 nitrogen and oxygen atoms in total. The van der Waals surface area contributed by atoms with Gasteiger partial charge in [-0.2, -0.15) is 0 Å². The van der Waals surface area contributed by atoms with E-state index in [0.29, 0.717) is 5.92 Å². The highest BCUT2D eigenvalue weighted by molar-refractivity contribution is 5.23. The molecule has 2 unspecified atom stereocenters. The lowest BCUT2D eigenvalue weighted by molar-refractivity contribution is 0.0287. The van der Waals surface area contributed by atoms with E-state index >= 15 is 0 Å². The highest BCUT2D eigenvalue weighted by atomic mass is 16.5. The third kappa shape index (κ3) is 3.27. The molecule has 1 aromatic rings. The van der Waals surface area contributed by atoms with Gasteiger partial charge in [-0.1, -0.05) is 25.7 Å². The van der Waals surface area contributed by atoms with E-state index in [4.69, 9.17) is 15.5 Å². The maximum absolute atomic E-state index is 6.24. The van der Waals surface area contributed by atoms with Crippen LogP contribution in [-0.2, 0) is 11.2 Å². The van der Waals surface area contributed by atoms with Crippen molar-refractivity contribution in [1.29, 1.82) is 0 Å². The summed E-state index contributed by atoms with van der Waals surface area (Å²) >= 11 is 0. The molecule has 0 aromatic carbocycles. The molecule has 116 valence electrons. The van der Waals surface area contributed by atoms with Crippen molar-refractivity contribution in [2.24, 2.45) is 11.7 Å². The van der Waals surface area contributed by atoms with E-state index in [2.05, 4.69) is 4.98 Å². The Morgan fingerprint density at radius 3 is 2.67 bits per heavy atom. The number of aryl methyl sites for hydroxylation is 1. The van der Waals surface area contributed by atoms with Gasteiger partial charge in [0.05, 0.1) is 0 Å². The maximum Gasteiger partial charge on any atom is 0.157 e. The molecular formula is C17H27N3O. The molecule has 2 atom stereocenters. The predicted molar refractivity (Wildman–Crippen MR) is 82.8 cm³/mol. The zero-order valence-corrected chi connectivity index (χ0v) is 13.1. The van der Waals surface area contributed by atoms with Crippen LogP contribution in [0.5, 0.6) is 0 Å². The number of nitrogens with zero attached hydrogens (tertiary/aromatic N) is 2. The summed E-state index contributed by atoms with van der Waals surface area (Å²) in [4.78, 5) is 9.47. The standard InChI is InChI=1S/C17H27N3O/c1-21-16(12-7-3-2-4-8-12)17-19-11-13-14(18)9-5-6-10-15(13)20-17/h11-12,14,16H,2-10,18H2,1H3. The number of methoxy groups -OCH3 is 1. The summed E-state index contributed by atoms with van der Waals surface area (Å²) in [5, 5.41) is 0. The van der Waals surface area contributed by atoms with Crippen molar-refractivity contribution in [1.82, 2.24) is 9.97 Å². The van der Waals surface area contributed by atoms with Crippen LogP contribution in [0.4, 0.5) is 0 Å². The fourth-order valence-corrected chi connectivity index (χ4v) is 3.85. The van der Waals surface area contributed by atoms with Crippen LogP contribution in [-0.4, -0.2) is 17.1 Å². The number of nitrogens with two attached hydrogens (primary N) is 1. The molecule has 0 amide bonds. The summed E-state index contributed by atoms with van der Waals surface area (Å²) in [6.45, 7) is 0. The van der Waals surface area contributed by atoms with Gasteiger partial charge in [0.2, 0.25) is 0 Å². The van der Waals surface area contributed by atoms with Gasteiger partial charge >= 0.3 is 0 Å². The zero-order chi connectivity index (χ0) is 14.7. The maximum atomic E-state index is 6.24. The van der Waals surface area contributed by atoms with Crippen molar-refractivity contribution >= 4 is 0 Å². The number of rotatable bonds is 3. The van der Waals surface area contributed by atoms with Crippen molar-refractivity contribution < 1.29 is 4.74 Å². The molecular weight excluding hydrogens is 262 g/mol. The van der Waals surface area contributed by atoms with Gasteiger partial charge in [0.1, 0.15) is 6.10 Å². The van der Waals surface area contributed by atoms with Crippen molar-refractivity contribution in [3.05, 3.63) is 23.3 Å². The SMILES string of the molecule is COC(c1ncc2c(n1)CCCCC2N)C1CCCCC1. The minimum absolute atomic E-state index is 0.0510. The summed E-state index contributed by atoms with van der Waals surface area (Å²) in [5.41, 5.74) is 8.54. The summed E-state index contributed by atoms with van der Waals surface area (Å²) in [7, 11) is 1.79. The first-order valence-corrected chi connectivity index (χ1v) is 8.43. The van der Waals surface area contributed by atoms with Crippen molar-refractivity contribution in [3.8, 4) is 0 Å². The monoisotopic (exact) mass is 289 g/mol. The van der Waals surface area contributed by atoms with Gasteiger partial charge < -0.3 is 10.5 Å². The summed E-state index contributed by atoms with van der Waals surface area (Å²) < 4.78 is 5.77. The second-order valence-electron chi connectivity index (χ2n) is 6.54. The highest BCUT2D eigenvalue weighted by Gasteiger charge is 2.28. The molecule has 0 spiro atoms. The Hall–Kier alpha value is -1.00. The summed E-state index contributed by atoms with van der Waals surface area (Å²) in [6.07, 6.45) is 12.9. The smallest absolute Gasteiger partial charge is 0.157 e. The Kier molecular flexibility index (Phi) is 4.86. The first kappa shape index (κ1) is 14.9. The average molecular weight is 289 g/mol. The Labute approximate surface area is 127 Å². The van der Waals surface area contributed by atoms with Gasteiger partial charge in [0, 0.05) is 30.6 Å². The predicted octanol–water partition coefficient (Wildman–Crippen LogP) is 3.47. The first-order valence-electron chi connectivity index (χ1n) is 8.43. The van der Waals surface area contributed by atoms with Crippen LogP contribution in [0.3, 0.4) is 0 Å². The van der Waals surface area contributed by atoms with Crippen molar-refractivity contribution in [2.45, 2.75) is 69.9 Å². The van der Waals surface area contributed by atoms with Crippen LogP contribution >= 0.6 is 0 Å². The van der Waals surface area contributed by atoms with E-state index in [1.54, 1.807) is 7.11 Å². The average Bonchev–Trinajstić information content (AvgIpc) is 2.71. The van der Waals surface area contributed by atoms with Gasteiger partial charge in [-0.05, 0) is 38.0 Å². The number of fused-ring (bicyclic) bond motifs is 1. The molecule has 1 heterocycles. The third-order valence-corrected chi connectivity index (χ3v) is 5.08. The molecule has 0 aliphatic heterocycles. The van der Waals surface area contributed by atoms with Crippen molar-refractivity contribution in [2.75, 3.05) is 7.11 Å². The van der Waals surface area contributed by atoms with Crippen LogP contribution < -0.4 is 5.73 Å². The van der Waals surface area contributed by atoms with E-state index in [0.717, 1.165) is 29.9 Å². The number of hydrogen-bond donors (Lipinski definition) is 1. The Balaban J connectivity index is 1.85. The van der Waals surface area contributed by atoms with E-state index in [9.17, 15) is 0 Å². The van der Waals surface area contributed by atoms with E-state index in [1.807, 2.05) is 6.20 Å². The van der Waals surface area contributed by atoms with Crippen LogP contribution in [0.1, 0.15) is 80.6 Å². The molecule has 0 bridgehead atoms. The fraction of sp³-hybridized carbons (Fsp3) is 0.765. The summed E-state index contributed by atoms with van der Waals surface area (Å²) in [5.74, 6) is 1.44. The van der Waals surface area contributed by atoms with Gasteiger partial charge in [0.25, 0.3) is 0 Å². The van der Waals surface area contributed by atoms with Gasteiger partial charge in [-0.25, -0.2) is 9.97 Å². The molecule has 0 saturated heterocycles. The minimum Gasteiger partial charge on any atom is -0.373 e. The molecule has 1 saturated carbocycles. The molecule has 4 heteroatoms. The van der Waals surface area contributed by atoms with Gasteiger partial charge in [-0.3, -0.25) is 0 Å². The molecule has 1 aromatic heterocycles. The zero-order valence-electron chi connectivity index (χ0n) is 13.1. The van der Waals surface area contributed by atoms with Gasteiger partial charge in [-0.15, -0.1) is 0 Å². The molecule has 1 fully saturated rings. The minimum atomic E-state index is 0.0510. The van der Waals surface area contributed by atoms with Crippen LogP contribution in [0.2, 0.25) is 0 Å². The quantitative estimate of drug-likeness (QED) is 0.865. The van der Waals surface area contributed by atoms with E-state index < -0.39 is 0 Å². The fourth-order valence-electron chi connectivity index (χ4n) is 3.85. The molecule has 2 N–H and O–H groups in total. The lowest BCUT2D eigenvalue weighted by atomic mass is 9.85. The second-order valence-corrected chi connectivity index (χ2v) is 6.54.